The number of nitrogens with one attached hydrogen (secondary N) is 4. The summed E-state index contributed by atoms with van der Waals surface area (Å²) in [4.78, 5) is 80.8. The van der Waals surface area contributed by atoms with E-state index in [1.807, 2.05) is 350 Å². The Morgan fingerprint density at radius 1 is 0.238 bits per heavy atom. The van der Waals surface area contributed by atoms with Crippen molar-refractivity contribution in [3.63, 3.8) is 0 Å². The summed E-state index contributed by atoms with van der Waals surface area (Å²) in [5.74, 6) is -0.440. The van der Waals surface area contributed by atoms with Gasteiger partial charge < -0.3 is 16.4 Å². The molecule has 0 aromatic heterocycles. The van der Waals surface area contributed by atoms with E-state index in [1.165, 1.54) is 11.1 Å². The minimum absolute atomic E-state index is 0. The monoisotopic (exact) mass is 2150 g/mol. The fourth-order valence-corrected chi connectivity index (χ4v) is 16.5. The summed E-state index contributed by atoms with van der Waals surface area (Å²) in [6, 6.07) is 98.3. The van der Waals surface area contributed by atoms with E-state index in [-0.39, 0.29) is 123 Å². The van der Waals surface area contributed by atoms with Crippen LogP contribution < -0.4 is 26.5 Å². The fraction of sp³-hybridized carbons (Fsp3) is 0.383. The lowest BCUT2D eigenvalue weighted by atomic mass is 9.78. The lowest BCUT2D eigenvalue weighted by molar-refractivity contribution is -0.130. The molecule has 0 radical (unpaired) electrons. The van der Waals surface area contributed by atoms with Crippen LogP contribution in [0.1, 0.15) is 266 Å². The number of amides is 2. The zero-order valence-corrected chi connectivity index (χ0v) is 96.4. The zero-order chi connectivity index (χ0) is 105. The van der Waals surface area contributed by atoms with Gasteiger partial charge in [0.15, 0.2) is 11.6 Å². The Kier molecular flexibility index (Phi) is 63.8. The van der Waals surface area contributed by atoms with Crippen molar-refractivity contribution in [1.29, 1.82) is 0 Å². The lowest BCUT2D eigenvalue weighted by Crippen LogP contribution is -2.42. The van der Waals surface area contributed by atoms with E-state index >= 15 is 0 Å². The molecule has 0 aliphatic carbocycles. The molecule has 774 valence electrons. The van der Waals surface area contributed by atoms with Crippen LogP contribution in [-0.4, -0.2) is 119 Å². The first-order chi connectivity index (χ1) is 65.0. The minimum Gasteiger partial charge on any atom is -0.355 e. The topological polar surface area (TPSA) is 177 Å². The number of carbonyl (C=O) groups excluding carboxylic acids is 6. The molecule has 4 unspecified atom stereocenters. The molecule has 0 saturated heterocycles. The average molecular weight is 2150 g/mol. The summed E-state index contributed by atoms with van der Waals surface area (Å²) >= 11 is 44.1. The molecule has 10 rings (SSSR count). The summed E-state index contributed by atoms with van der Waals surface area (Å²) in [5.41, 5.74) is 13.3. The molecule has 0 spiro atoms. The Balaban J connectivity index is 0. The molecular weight excluding hydrogens is 1990 g/mol. The number of ketones is 4. The first-order valence-electron chi connectivity index (χ1n) is 46.5. The number of thiocarbonyl (C=S) groups is 8. The van der Waals surface area contributed by atoms with Gasteiger partial charge in [-0.3, -0.25) is 38.9 Å². The van der Waals surface area contributed by atoms with E-state index in [0.29, 0.717) is 26.2 Å². The predicted molar refractivity (Wildman–Crippen MR) is 665 cm³/mol. The molecule has 0 saturated carbocycles. The highest BCUT2D eigenvalue weighted by atomic mass is 32.1. The number of carbonyl (C=O) groups is 6. The number of hydrogen-bond donors (Lipinski definition) is 5. The van der Waals surface area contributed by atoms with Crippen LogP contribution in [0.4, 0.5) is 0 Å². The number of Topliss-reactive ketones (excluding diaryl/α,β-unsaturated/α-hetero) is 4. The van der Waals surface area contributed by atoms with E-state index in [9.17, 15) is 28.8 Å². The van der Waals surface area contributed by atoms with Gasteiger partial charge in [-0.05, 0) is 62.2 Å². The molecule has 0 aliphatic heterocycles. The second-order valence-corrected chi connectivity index (χ2v) is 45.8. The van der Waals surface area contributed by atoms with Crippen LogP contribution in [0.2, 0.25) is 0 Å². The Bertz CT molecular complexity index is 5230. The van der Waals surface area contributed by atoms with Gasteiger partial charge in [-0.1, -0.05) is 595 Å². The first-order valence-corrected chi connectivity index (χ1v) is 52.5. The zero-order valence-electron chi connectivity index (χ0n) is 85.2. The summed E-state index contributed by atoms with van der Waals surface area (Å²) in [5, 5.41) is 11.7. The van der Waals surface area contributed by atoms with Crippen molar-refractivity contribution in [3.8, 4) is 0 Å². The Hall–Kier alpha value is -7.86. The normalized spacial score (nSPS) is 11.1. The van der Waals surface area contributed by atoms with Crippen molar-refractivity contribution in [1.82, 2.24) is 20.8 Å². The van der Waals surface area contributed by atoms with E-state index in [0.717, 1.165) is 102 Å². The van der Waals surface area contributed by atoms with Gasteiger partial charge in [0.25, 0.3) is 0 Å². The van der Waals surface area contributed by atoms with Crippen molar-refractivity contribution >= 4 is 209 Å². The highest BCUT2D eigenvalue weighted by molar-refractivity contribution is 7.82. The number of hydrogen-bond acceptors (Lipinski definition) is 17. The minimum atomic E-state index is -0.483. The Labute approximate surface area is 915 Å². The molecule has 10 aromatic carbocycles. The maximum absolute atomic E-state index is 12.6. The quantitative estimate of drug-likeness (QED) is 0.0107. The van der Waals surface area contributed by atoms with E-state index in [2.05, 4.69) is 157 Å². The molecule has 0 fully saturated rings. The molecule has 11 nitrogen and oxygen atoms in total. The Morgan fingerprint density at radius 3 is 0.629 bits per heavy atom. The SMILES string of the molecule is C.C.C.C.CC(C)(C)C(=S)c1ccccc1.CC(C)(CC(=O)CC(=O)CC(C)(C)C(=S)c1ccccc1)C(=S)c1ccccc1.CC(C)(CN)C(=S)c1ccccc1.CC(C)(CNC(=O)CC(=O)NCC(C)(C)C(=S)c1ccccc1)C(=S)c1ccccc1.CC(C)(CNP)C(=O)c1ccccc1.CC(C)(CNP)C(=S)c1ccccc1.CC(C)(CP)C(=O)c1ccccc1.CC(C)(CP)C(=S)c1ccccc1. The second-order valence-electron chi connectivity index (χ2n) is 40.9. The van der Waals surface area contributed by atoms with Gasteiger partial charge in [0.1, 0.15) is 18.0 Å². The highest BCUT2D eigenvalue weighted by Crippen LogP contribution is 2.34. The van der Waals surface area contributed by atoms with Gasteiger partial charge in [0.05, 0.1) is 6.42 Å². The number of nitrogens with two attached hydrogens (primary N) is 1. The number of rotatable bonds is 38. The van der Waals surface area contributed by atoms with Crippen LogP contribution >= 0.6 is 135 Å². The van der Waals surface area contributed by atoms with E-state index in [1.54, 1.807) is 0 Å². The third kappa shape index (κ3) is 48.8. The lowest BCUT2D eigenvalue weighted by Gasteiger charge is -2.27. The predicted octanol–water partition coefficient (Wildman–Crippen LogP) is 30.2. The fourth-order valence-electron chi connectivity index (χ4n) is 13.4. The molecule has 23 heteroatoms. The summed E-state index contributed by atoms with van der Waals surface area (Å²) in [7, 11) is 10.3. The maximum Gasteiger partial charge on any atom is 0.229 e. The van der Waals surface area contributed by atoms with E-state index in [4.69, 9.17) is 103 Å². The molecule has 10 aromatic rings. The van der Waals surface area contributed by atoms with Crippen molar-refractivity contribution in [2.45, 2.75) is 201 Å². The second kappa shape index (κ2) is 66.5. The molecule has 6 N–H and O–H groups in total. The van der Waals surface area contributed by atoms with E-state index < -0.39 is 21.7 Å². The molecule has 143 heavy (non-hydrogen) atoms. The molecular formula is C120H165N5O6P4S8. The van der Waals surface area contributed by atoms with Crippen LogP contribution in [-0.2, 0) is 19.2 Å². The highest BCUT2D eigenvalue weighted by Gasteiger charge is 2.35. The van der Waals surface area contributed by atoms with Crippen molar-refractivity contribution in [3.05, 3.63) is 359 Å². The first kappa shape index (κ1) is 137. The van der Waals surface area contributed by atoms with Crippen molar-refractivity contribution in [2.75, 3.05) is 45.0 Å². The smallest absolute Gasteiger partial charge is 0.229 e. The van der Waals surface area contributed by atoms with Crippen LogP contribution in [0.3, 0.4) is 0 Å². The van der Waals surface area contributed by atoms with Crippen LogP contribution in [0.25, 0.3) is 0 Å². The summed E-state index contributed by atoms with van der Waals surface area (Å²) < 4.78 is 0. The van der Waals surface area contributed by atoms with Crippen molar-refractivity contribution in [2.24, 2.45) is 59.9 Å². The summed E-state index contributed by atoms with van der Waals surface area (Å²) in [6.45, 7) is 45.6. The van der Waals surface area contributed by atoms with Gasteiger partial charge in [0.2, 0.25) is 11.8 Å². The Morgan fingerprint density at radius 2 is 0.420 bits per heavy atom. The van der Waals surface area contributed by atoms with Crippen LogP contribution in [0, 0.1) is 54.1 Å². The molecule has 0 heterocycles. The van der Waals surface area contributed by atoms with Gasteiger partial charge in [0, 0.05) is 144 Å². The van der Waals surface area contributed by atoms with Crippen LogP contribution in [0.15, 0.2) is 303 Å². The summed E-state index contributed by atoms with van der Waals surface area (Å²) in [6.07, 6.45) is 1.97. The third-order valence-corrected chi connectivity index (χ3v) is 31.5. The maximum atomic E-state index is 12.6. The van der Waals surface area contributed by atoms with Gasteiger partial charge in [-0.25, -0.2) is 0 Å². The largest absolute Gasteiger partial charge is 0.355 e. The average Bonchev–Trinajstić information content (AvgIpc) is 0.831. The van der Waals surface area contributed by atoms with Crippen molar-refractivity contribution < 1.29 is 28.8 Å². The standard InChI is InChI=1S/C25H30N2O2S2.C25H28O2S2.C11H16NOP.C11H16NPS.C11H15NS.C11H15OP.C11H15PS.C11H14S.4CH4/c1-24(2,22(30)18-11-7-5-8-12-18)16-26-20(28)15-21(29)27-17-25(3,4)23(31)19-13-9-6-10-14-19;1-24(2,22(28)18-11-7-5-8-12-18)16-20(26)15-21(27)17-25(3,4)23(29)19-13-9-6-10-14-19;1-11(2,8-12-14)10(13)9-6-4-3-5-7-9;1-11(2,8-12-13)10(14)9-6-4-3-5-7-9;1-11(2,8-12)10(13)9-6-4-3-5-7-9;1-11(2,8-13)10(12)9-6-4-3-5-7-9;1-11(2,8-12)10(13)9-6-4-3-5-7-9;1-11(2,3)10(12)9-7-5-4-6-8-9;;;;/h5-14H,15-17H2,1-4H3,(H,26,28)(H,27,29);5-14H,15-17H2,1-4H3;3-7,12H,8,14H2,1-2H3;3-7,12H,8,13H2,1-2H3;3-7H,8,12H2,1-2H3;3-7H,8,13H2,1-2H3;3-7H,8,12H2,1-2H3;4-8H,1-3H3;4*1H4. The van der Waals surface area contributed by atoms with Gasteiger partial charge in [-0.15, -0.1) is 18.5 Å². The molecule has 4 atom stereocenters. The third-order valence-electron chi connectivity index (χ3n) is 22.6. The molecule has 2 amide bonds. The van der Waals surface area contributed by atoms with Gasteiger partial charge in [-0.2, -0.15) is 0 Å². The molecule has 0 bridgehead atoms. The number of benzene rings is 10. The van der Waals surface area contributed by atoms with Gasteiger partial charge >= 0.3 is 0 Å². The molecule has 0 aliphatic rings. The van der Waals surface area contributed by atoms with Crippen LogP contribution in [0.5, 0.6) is 0 Å².